The van der Waals surface area contributed by atoms with Crippen LogP contribution in [0.3, 0.4) is 0 Å². The van der Waals surface area contributed by atoms with Crippen LogP contribution in [-0.4, -0.2) is 10.8 Å². The van der Waals surface area contributed by atoms with E-state index in [9.17, 15) is 4.79 Å². The summed E-state index contributed by atoms with van der Waals surface area (Å²) >= 11 is 17.6. The molecule has 0 spiro atoms. The Hall–Kier alpha value is -0.440. The number of amides is 1. The Morgan fingerprint density at radius 1 is 1.38 bits per heavy atom. The number of anilines is 1. The minimum absolute atomic E-state index is 0.255. The molecule has 16 heavy (non-hydrogen) atoms. The van der Waals surface area contributed by atoms with Gasteiger partial charge >= 0.3 is 0 Å². The van der Waals surface area contributed by atoms with Gasteiger partial charge in [0.15, 0.2) is 0 Å². The number of hydrogen-bond donors (Lipinski definition) is 1. The maximum atomic E-state index is 11.7. The molecule has 0 aliphatic heterocycles. The summed E-state index contributed by atoms with van der Waals surface area (Å²) in [4.78, 5) is 10.8. The molecule has 0 radical (unpaired) electrons. The minimum atomic E-state index is -0.911. The van der Waals surface area contributed by atoms with Crippen LogP contribution >= 0.6 is 34.8 Å². The normalized spacial score (nSPS) is 14.3. The fourth-order valence-electron chi connectivity index (χ4n) is 0.996. The maximum absolute atomic E-state index is 11.7. The monoisotopic (exact) mass is 279 g/mol. The Morgan fingerprint density at radius 3 is 2.50 bits per heavy atom. The molecule has 0 aliphatic carbocycles. The van der Waals surface area contributed by atoms with E-state index in [-0.39, 0.29) is 5.91 Å². The lowest BCUT2D eigenvalue weighted by atomic mass is 10.1. The molecule has 1 N–H and O–H groups in total. The van der Waals surface area contributed by atoms with Gasteiger partial charge in [0.05, 0.1) is 10.0 Å². The fraction of sp³-hybridized carbons (Fsp3) is 0.364. The van der Waals surface area contributed by atoms with Gasteiger partial charge in [-0.2, -0.15) is 0 Å². The van der Waals surface area contributed by atoms with Gasteiger partial charge in [-0.1, -0.05) is 30.1 Å². The van der Waals surface area contributed by atoms with E-state index in [0.717, 1.165) is 0 Å². The number of rotatable bonds is 3. The van der Waals surface area contributed by atoms with Gasteiger partial charge in [0.2, 0.25) is 5.91 Å². The van der Waals surface area contributed by atoms with Gasteiger partial charge in [-0.25, -0.2) is 0 Å². The Morgan fingerprint density at radius 2 is 2.00 bits per heavy atom. The Balaban J connectivity index is 2.82. The van der Waals surface area contributed by atoms with E-state index in [0.29, 0.717) is 22.2 Å². The number of carbonyl (C=O) groups excluding carboxylic acids is 1. The van der Waals surface area contributed by atoms with Gasteiger partial charge in [-0.05, 0) is 31.5 Å². The first-order valence-corrected chi connectivity index (χ1v) is 5.95. The molecule has 2 nitrogen and oxygen atoms in total. The molecular formula is C11H12Cl3NO. The summed E-state index contributed by atoms with van der Waals surface area (Å²) in [7, 11) is 0. The Labute approximate surface area is 110 Å². The molecular weight excluding hydrogens is 268 g/mol. The standard InChI is InChI=1S/C11H12Cl3NO/c1-3-11(2,14)10(16)15-7-4-5-8(12)9(13)6-7/h4-6H,3H2,1-2H3,(H,15,16). The average molecular weight is 281 g/mol. The molecule has 1 amide bonds. The van der Waals surface area contributed by atoms with Gasteiger partial charge in [0.25, 0.3) is 0 Å². The van der Waals surface area contributed by atoms with Crippen molar-refractivity contribution in [1.29, 1.82) is 0 Å². The summed E-state index contributed by atoms with van der Waals surface area (Å²) in [5.41, 5.74) is 0.583. The summed E-state index contributed by atoms with van der Waals surface area (Å²) < 4.78 is 0. The number of benzene rings is 1. The van der Waals surface area contributed by atoms with E-state index in [4.69, 9.17) is 34.8 Å². The number of nitrogens with one attached hydrogen (secondary N) is 1. The van der Waals surface area contributed by atoms with Crippen LogP contribution in [0.25, 0.3) is 0 Å². The van der Waals surface area contributed by atoms with Gasteiger partial charge in [0, 0.05) is 5.69 Å². The van der Waals surface area contributed by atoms with Gasteiger partial charge in [-0.15, -0.1) is 11.6 Å². The van der Waals surface area contributed by atoms with Gasteiger partial charge < -0.3 is 5.32 Å². The van der Waals surface area contributed by atoms with Crippen LogP contribution in [0.4, 0.5) is 5.69 Å². The van der Waals surface area contributed by atoms with E-state index in [1.807, 2.05) is 6.92 Å². The zero-order valence-electron chi connectivity index (χ0n) is 8.98. The van der Waals surface area contributed by atoms with Crippen LogP contribution in [0, 0.1) is 0 Å². The van der Waals surface area contributed by atoms with Crippen molar-refractivity contribution in [2.24, 2.45) is 0 Å². The highest BCUT2D eigenvalue weighted by Gasteiger charge is 2.28. The second-order valence-electron chi connectivity index (χ2n) is 3.63. The first kappa shape index (κ1) is 13.6. The van der Waals surface area contributed by atoms with Crippen LogP contribution in [-0.2, 0) is 4.79 Å². The van der Waals surface area contributed by atoms with E-state index >= 15 is 0 Å². The third kappa shape index (κ3) is 3.27. The molecule has 1 unspecified atom stereocenters. The quantitative estimate of drug-likeness (QED) is 0.820. The van der Waals surface area contributed by atoms with E-state index in [2.05, 4.69) is 5.32 Å². The molecule has 0 aromatic heterocycles. The molecule has 88 valence electrons. The summed E-state index contributed by atoms with van der Waals surface area (Å²) in [5, 5.41) is 3.53. The Bertz CT molecular complexity index is 404. The second kappa shape index (κ2) is 5.26. The molecule has 0 heterocycles. The summed E-state index contributed by atoms with van der Waals surface area (Å²) in [6.07, 6.45) is 0.543. The van der Waals surface area contributed by atoms with Crippen LogP contribution in [0.1, 0.15) is 20.3 Å². The fourth-order valence-corrected chi connectivity index (χ4v) is 1.34. The average Bonchev–Trinajstić information content (AvgIpc) is 2.23. The molecule has 1 aromatic carbocycles. The maximum Gasteiger partial charge on any atom is 0.245 e. The van der Waals surface area contributed by atoms with Crippen molar-refractivity contribution in [3.63, 3.8) is 0 Å². The van der Waals surface area contributed by atoms with Crippen LogP contribution in [0.2, 0.25) is 10.0 Å². The zero-order valence-corrected chi connectivity index (χ0v) is 11.2. The van der Waals surface area contributed by atoms with Crippen molar-refractivity contribution in [2.75, 3.05) is 5.32 Å². The molecule has 0 bridgehead atoms. The van der Waals surface area contributed by atoms with Crippen molar-refractivity contribution in [2.45, 2.75) is 25.1 Å². The number of hydrogen-bond acceptors (Lipinski definition) is 1. The number of halogens is 3. The van der Waals surface area contributed by atoms with Crippen LogP contribution in [0.15, 0.2) is 18.2 Å². The second-order valence-corrected chi connectivity index (χ2v) is 5.28. The highest BCUT2D eigenvalue weighted by molar-refractivity contribution is 6.42. The third-order valence-corrected chi connectivity index (χ3v) is 3.49. The van der Waals surface area contributed by atoms with Crippen molar-refractivity contribution in [3.05, 3.63) is 28.2 Å². The van der Waals surface area contributed by atoms with Crippen molar-refractivity contribution in [1.82, 2.24) is 0 Å². The highest BCUT2D eigenvalue weighted by atomic mass is 35.5. The van der Waals surface area contributed by atoms with Crippen LogP contribution in [0.5, 0.6) is 0 Å². The SMILES string of the molecule is CCC(C)(Cl)C(=O)Nc1ccc(Cl)c(Cl)c1. The van der Waals surface area contributed by atoms with Crippen molar-refractivity contribution in [3.8, 4) is 0 Å². The minimum Gasteiger partial charge on any atom is -0.325 e. The molecule has 5 heteroatoms. The molecule has 0 saturated carbocycles. The summed E-state index contributed by atoms with van der Waals surface area (Å²) in [5.74, 6) is -0.255. The van der Waals surface area contributed by atoms with Crippen molar-refractivity contribution < 1.29 is 4.79 Å². The van der Waals surface area contributed by atoms with Crippen molar-refractivity contribution >= 4 is 46.4 Å². The lowest BCUT2D eigenvalue weighted by molar-refractivity contribution is -0.118. The zero-order chi connectivity index (χ0) is 12.3. The van der Waals surface area contributed by atoms with Gasteiger partial charge in [-0.3, -0.25) is 4.79 Å². The van der Waals surface area contributed by atoms with E-state index in [1.54, 1.807) is 25.1 Å². The topological polar surface area (TPSA) is 29.1 Å². The molecule has 0 aliphatic rings. The molecule has 1 aromatic rings. The predicted octanol–water partition coefficient (Wildman–Crippen LogP) is 4.34. The smallest absolute Gasteiger partial charge is 0.245 e. The first-order chi connectivity index (χ1) is 7.36. The lowest BCUT2D eigenvalue weighted by Crippen LogP contribution is -2.33. The number of alkyl halides is 1. The summed E-state index contributed by atoms with van der Waals surface area (Å²) in [6.45, 7) is 3.52. The van der Waals surface area contributed by atoms with Crippen LogP contribution < -0.4 is 5.32 Å². The molecule has 1 atom stereocenters. The summed E-state index contributed by atoms with van der Waals surface area (Å²) in [6, 6.07) is 4.89. The van der Waals surface area contributed by atoms with E-state index in [1.165, 1.54) is 0 Å². The predicted molar refractivity (Wildman–Crippen MR) is 69.6 cm³/mol. The number of carbonyl (C=O) groups is 1. The Kier molecular flexibility index (Phi) is 4.48. The van der Waals surface area contributed by atoms with E-state index < -0.39 is 4.87 Å². The lowest BCUT2D eigenvalue weighted by Gasteiger charge is -2.19. The largest absolute Gasteiger partial charge is 0.325 e. The third-order valence-electron chi connectivity index (χ3n) is 2.31. The van der Waals surface area contributed by atoms with Gasteiger partial charge in [0.1, 0.15) is 4.87 Å². The highest BCUT2D eigenvalue weighted by Crippen LogP contribution is 2.26. The molecule has 0 saturated heterocycles. The first-order valence-electron chi connectivity index (χ1n) is 4.82. The molecule has 1 rings (SSSR count). The molecule has 0 fully saturated rings.